The maximum Gasteiger partial charge on any atom is 0.336 e. The molecule has 0 aliphatic carbocycles. The Labute approximate surface area is 110 Å². The van der Waals surface area contributed by atoms with Gasteiger partial charge in [-0.1, -0.05) is 32.0 Å². The van der Waals surface area contributed by atoms with E-state index < -0.39 is 5.97 Å². The van der Waals surface area contributed by atoms with Crippen molar-refractivity contribution in [3.8, 4) is 0 Å². The first kappa shape index (κ1) is 12.9. The molecule has 0 spiro atoms. The van der Waals surface area contributed by atoms with Crippen molar-refractivity contribution in [3.05, 3.63) is 35.9 Å². The van der Waals surface area contributed by atoms with Crippen LogP contribution in [0.15, 0.2) is 35.4 Å². The van der Waals surface area contributed by atoms with Crippen LogP contribution in [0.2, 0.25) is 0 Å². The first-order valence-electron chi connectivity index (χ1n) is 5.91. The van der Waals surface area contributed by atoms with Gasteiger partial charge in [0, 0.05) is 10.6 Å². The second kappa shape index (κ2) is 5.40. The SMILES string of the molecule is CCC(C)Sc1cc(C(=O)O)c2ccccc2n1. The van der Waals surface area contributed by atoms with Crippen molar-refractivity contribution in [2.45, 2.75) is 30.5 Å². The molecule has 0 amide bonds. The molecule has 94 valence electrons. The molecule has 1 heterocycles. The van der Waals surface area contributed by atoms with Gasteiger partial charge in [-0.3, -0.25) is 0 Å². The summed E-state index contributed by atoms with van der Waals surface area (Å²) in [6.07, 6.45) is 1.03. The third-order valence-electron chi connectivity index (χ3n) is 2.82. The summed E-state index contributed by atoms with van der Waals surface area (Å²) in [5, 5.41) is 11.2. The van der Waals surface area contributed by atoms with Crippen molar-refractivity contribution in [2.75, 3.05) is 0 Å². The van der Waals surface area contributed by atoms with Crippen molar-refractivity contribution >= 4 is 28.6 Å². The first-order chi connectivity index (χ1) is 8.61. The highest BCUT2D eigenvalue weighted by Gasteiger charge is 2.13. The average Bonchev–Trinajstić information content (AvgIpc) is 2.37. The molecule has 1 unspecified atom stereocenters. The van der Waals surface area contributed by atoms with E-state index in [1.54, 1.807) is 23.9 Å². The lowest BCUT2D eigenvalue weighted by molar-refractivity contribution is 0.0698. The number of fused-ring (bicyclic) bond motifs is 1. The molecule has 0 radical (unpaired) electrons. The third kappa shape index (κ3) is 2.64. The summed E-state index contributed by atoms with van der Waals surface area (Å²) in [7, 11) is 0. The van der Waals surface area contributed by atoms with Crippen molar-refractivity contribution in [3.63, 3.8) is 0 Å². The summed E-state index contributed by atoms with van der Waals surface area (Å²) in [5.41, 5.74) is 1.06. The lowest BCUT2D eigenvalue weighted by Crippen LogP contribution is -2.01. The minimum absolute atomic E-state index is 0.325. The van der Waals surface area contributed by atoms with Crippen LogP contribution in [0.1, 0.15) is 30.6 Å². The number of carboxylic acid groups (broad SMARTS) is 1. The number of para-hydroxylation sites is 1. The molecule has 1 aromatic heterocycles. The van der Waals surface area contributed by atoms with E-state index in [1.165, 1.54) is 0 Å². The fraction of sp³-hybridized carbons (Fsp3) is 0.286. The molecule has 0 saturated heterocycles. The molecule has 0 aliphatic heterocycles. The number of carboxylic acids is 1. The van der Waals surface area contributed by atoms with Gasteiger partial charge in [0.25, 0.3) is 0 Å². The molecule has 0 bridgehead atoms. The molecule has 4 heteroatoms. The topological polar surface area (TPSA) is 50.2 Å². The summed E-state index contributed by atoms with van der Waals surface area (Å²) in [6.45, 7) is 4.22. The quantitative estimate of drug-likeness (QED) is 0.850. The number of hydrogen-bond donors (Lipinski definition) is 1. The van der Waals surface area contributed by atoms with Crippen molar-refractivity contribution in [1.82, 2.24) is 4.98 Å². The fourth-order valence-electron chi connectivity index (χ4n) is 1.68. The van der Waals surface area contributed by atoms with E-state index in [-0.39, 0.29) is 0 Å². The third-order valence-corrected chi connectivity index (χ3v) is 4.01. The Bertz CT molecular complexity index is 583. The number of carbonyl (C=O) groups is 1. The standard InChI is InChI=1S/C14H15NO2S/c1-3-9(2)18-13-8-11(14(16)17)10-6-4-5-7-12(10)15-13/h4-9H,3H2,1-2H3,(H,16,17). The molecular weight excluding hydrogens is 246 g/mol. The van der Waals surface area contributed by atoms with E-state index in [4.69, 9.17) is 0 Å². The molecule has 0 aliphatic rings. The minimum atomic E-state index is -0.903. The van der Waals surface area contributed by atoms with Gasteiger partial charge in [-0.25, -0.2) is 9.78 Å². The fourth-order valence-corrected chi connectivity index (χ4v) is 2.59. The van der Waals surface area contributed by atoms with E-state index in [9.17, 15) is 9.90 Å². The number of rotatable bonds is 4. The van der Waals surface area contributed by atoms with Crippen LogP contribution in [0.3, 0.4) is 0 Å². The van der Waals surface area contributed by atoms with E-state index in [0.29, 0.717) is 16.2 Å². The maximum absolute atomic E-state index is 11.3. The van der Waals surface area contributed by atoms with Crippen LogP contribution in [0.4, 0.5) is 0 Å². The minimum Gasteiger partial charge on any atom is -0.478 e. The van der Waals surface area contributed by atoms with Crippen LogP contribution in [-0.2, 0) is 0 Å². The van der Waals surface area contributed by atoms with E-state index in [1.807, 2.05) is 18.2 Å². The van der Waals surface area contributed by atoms with Gasteiger partial charge in [0.15, 0.2) is 0 Å². The molecule has 2 aromatic rings. The summed E-state index contributed by atoms with van der Waals surface area (Å²) >= 11 is 1.62. The van der Waals surface area contributed by atoms with E-state index in [2.05, 4.69) is 18.8 Å². The van der Waals surface area contributed by atoms with Crippen LogP contribution in [0.25, 0.3) is 10.9 Å². The Kier molecular flexibility index (Phi) is 3.87. The molecule has 1 aromatic carbocycles. The summed E-state index contributed by atoms with van der Waals surface area (Å²) in [6, 6.07) is 9.02. The highest BCUT2D eigenvalue weighted by molar-refractivity contribution is 7.99. The van der Waals surface area contributed by atoms with Crippen molar-refractivity contribution < 1.29 is 9.90 Å². The van der Waals surface area contributed by atoms with Crippen LogP contribution in [0, 0.1) is 0 Å². The molecule has 18 heavy (non-hydrogen) atoms. The van der Waals surface area contributed by atoms with E-state index in [0.717, 1.165) is 17.0 Å². The molecule has 0 saturated carbocycles. The Morgan fingerprint density at radius 2 is 2.17 bits per heavy atom. The van der Waals surface area contributed by atoms with Crippen LogP contribution < -0.4 is 0 Å². The zero-order valence-electron chi connectivity index (χ0n) is 10.4. The molecule has 3 nitrogen and oxygen atoms in total. The second-order valence-corrected chi connectivity index (χ2v) is 5.63. The zero-order chi connectivity index (χ0) is 13.1. The van der Waals surface area contributed by atoms with Crippen LogP contribution >= 0.6 is 11.8 Å². The molecule has 0 fully saturated rings. The van der Waals surface area contributed by atoms with Gasteiger partial charge < -0.3 is 5.11 Å². The summed E-state index contributed by atoms with van der Waals surface area (Å²) in [4.78, 5) is 15.8. The lowest BCUT2D eigenvalue weighted by atomic mass is 10.1. The highest BCUT2D eigenvalue weighted by atomic mass is 32.2. The largest absolute Gasteiger partial charge is 0.478 e. The Hall–Kier alpha value is -1.55. The van der Waals surface area contributed by atoms with Crippen LogP contribution in [-0.4, -0.2) is 21.3 Å². The number of benzene rings is 1. The van der Waals surface area contributed by atoms with Gasteiger partial charge >= 0.3 is 5.97 Å². The van der Waals surface area contributed by atoms with Gasteiger partial charge in [-0.05, 0) is 18.6 Å². The smallest absolute Gasteiger partial charge is 0.336 e. The number of thioether (sulfide) groups is 1. The highest BCUT2D eigenvalue weighted by Crippen LogP contribution is 2.27. The lowest BCUT2D eigenvalue weighted by Gasteiger charge is -2.10. The second-order valence-electron chi connectivity index (χ2n) is 4.17. The number of hydrogen-bond acceptors (Lipinski definition) is 3. The van der Waals surface area contributed by atoms with Crippen molar-refractivity contribution in [1.29, 1.82) is 0 Å². The Morgan fingerprint density at radius 3 is 2.83 bits per heavy atom. The number of aromatic carboxylic acids is 1. The predicted molar refractivity (Wildman–Crippen MR) is 74.3 cm³/mol. The van der Waals surface area contributed by atoms with Gasteiger partial charge in [0.05, 0.1) is 16.1 Å². The van der Waals surface area contributed by atoms with Crippen molar-refractivity contribution in [2.24, 2.45) is 0 Å². The predicted octanol–water partition coefficient (Wildman–Crippen LogP) is 3.82. The number of nitrogens with zero attached hydrogens (tertiary/aromatic N) is 1. The molecule has 1 N–H and O–H groups in total. The van der Waals surface area contributed by atoms with E-state index >= 15 is 0 Å². The summed E-state index contributed by atoms with van der Waals surface area (Å²) < 4.78 is 0. The van der Waals surface area contributed by atoms with Gasteiger partial charge in [-0.15, -0.1) is 11.8 Å². The average molecular weight is 261 g/mol. The Morgan fingerprint density at radius 1 is 1.44 bits per heavy atom. The normalized spacial score (nSPS) is 12.6. The monoisotopic (exact) mass is 261 g/mol. The van der Waals surface area contributed by atoms with Gasteiger partial charge in [0.2, 0.25) is 0 Å². The van der Waals surface area contributed by atoms with Crippen LogP contribution in [0.5, 0.6) is 0 Å². The number of aromatic nitrogens is 1. The first-order valence-corrected chi connectivity index (χ1v) is 6.79. The maximum atomic E-state index is 11.3. The molecule has 1 atom stereocenters. The van der Waals surface area contributed by atoms with Gasteiger partial charge in [-0.2, -0.15) is 0 Å². The number of pyridine rings is 1. The molecular formula is C14H15NO2S. The Balaban J connectivity index is 2.54. The summed E-state index contributed by atoms with van der Waals surface area (Å²) in [5.74, 6) is -0.903. The zero-order valence-corrected chi connectivity index (χ0v) is 11.2. The molecule has 2 rings (SSSR count). The van der Waals surface area contributed by atoms with Gasteiger partial charge in [0.1, 0.15) is 0 Å².